The summed E-state index contributed by atoms with van der Waals surface area (Å²) in [5.41, 5.74) is 0. The minimum absolute atomic E-state index is 0.0635. The van der Waals surface area contributed by atoms with E-state index >= 15 is 0 Å². The van der Waals surface area contributed by atoms with E-state index in [0.717, 1.165) is 75.5 Å². The molecule has 0 aliphatic heterocycles. The van der Waals surface area contributed by atoms with E-state index in [2.05, 4.69) is 41.5 Å². The molecule has 6 heteroatoms. The molecule has 0 aromatic carbocycles. The maximum atomic E-state index is 12.8. The highest BCUT2D eigenvalue weighted by molar-refractivity contribution is 5.71. The third-order valence-electron chi connectivity index (χ3n) is 13.6. The standard InChI is InChI=1S/C60H116O6/c1-54(2)46-40-34-28-22-17-13-11-9-7-8-10-12-14-19-25-31-37-43-49-58(61)64-52-57(53-65-59(62)50-44-38-32-27-21-24-30-36-42-48-56(5)6)66-60(63)51-45-39-33-26-20-16-15-18-23-29-35-41-47-55(3)4/h54-57H,7-53H2,1-6H3/t57-/m1/s1. The Balaban J connectivity index is 4.24. The molecule has 0 saturated carbocycles. The van der Waals surface area contributed by atoms with Gasteiger partial charge < -0.3 is 14.2 Å². The van der Waals surface area contributed by atoms with Gasteiger partial charge in [0.2, 0.25) is 0 Å². The van der Waals surface area contributed by atoms with Crippen LogP contribution in [-0.2, 0) is 28.6 Å². The van der Waals surface area contributed by atoms with E-state index in [-0.39, 0.29) is 31.1 Å². The summed E-state index contributed by atoms with van der Waals surface area (Å²) >= 11 is 0. The Morgan fingerprint density at radius 3 is 0.652 bits per heavy atom. The van der Waals surface area contributed by atoms with Crippen LogP contribution in [0.5, 0.6) is 0 Å². The Hall–Kier alpha value is -1.59. The largest absolute Gasteiger partial charge is 0.462 e. The Kier molecular flexibility index (Phi) is 50.0. The summed E-state index contributed by atoms with van der Waals surface area (Å²) in [6, 6.07) is 0. The summed E-state index contributed by atoms with van der Waals surface area (Å²) < 4.78 is 16.9. The van der Waals surface area contributed by atoms with Gasteiger partial charge >= 0.3 is 17.9 Å². The van der Waals surface area contributed by atoms with Crippen LogP contribution < -0.4 is 0 Å². The molecular formula is C60H116O6. The lowest BCUT2D eigenvalue weighted by Crippen LogP contribution is -2.30. The van der Waals surface area contributed by atoms with Crippen molar-refractivity contribution < 1.29 is 28.6 Å². The smallest absolute Gasteiger partial charge is 0.306 e. The highest BCUT2D eigenvalue weighted by Gasteiger charge is 2.19. The molecule has 1 atom stereocenters. The molecule has 0 aromatic rings. The lowest BCUT2D eigenvalue weighted by Gasteiger charge is -2.18. The van der Waals surface area contributed by atoms with E-state index in [0.29, 0.717) is 19.3 Å². The summed E-state index contributed by atoms with van der Waals surface area (Å²) in [7, 11) is 0. The first-order chi connectivity index (χ1) is 32.1. The van der Waals surface area contributed by atoms with Gasteiger partial charge in [-0.25, -0.2) is 0 Å². The molecule has 0 fully saturated rings. The lowest BCUT2D eigenvalue weighted by molar-refractivity contribution is -0.167. The lowest BCUT2D eigenvalue weighted by atomic mass is 10.0. The number of ether oxygens (including phenoxy) is 3. The van der Waals surface area contributed by atoms with Gasteiger partial charge in [0, 0.05) is 19.3 Å². The third-order valence-corrected chi connectivity index (χ3v) is 13.6. The zero-order chi connectivity index (χ0) is 48.4. The molecule has 0 radical (unpaired) electrons. The first-order valence-corrected chi connectivity index (χ1v) is 29.6. The van der Waals surface area contributed by atoms with Crippen LogP contribution >= 0.6 is 0 Å². The van der Waals surface area contributed by atoms with Gasteiger partial charge in [0.15, 0.2) is 6.10 Å². The molecule has 0 aliphatic carbocycles. The average molecular weight is 934 g/mol. The average Bonchev–Trinajstić information content (AvgIpc) is 3.28. The van der Waals surface area contributed by atoms with Crippen LogP contribution in [0.25, 0.3) is 0 Å². The van der Waals surface area contributed by atoms with Crippen molar-refractivity contribution in [3.05, 3.63) is 0 Å². The van der Waals surface area contributed by atoms with Crippen molar-refractivity contribution in [1.29, 1.82) is 0 Å². The van der Waals surface area contributed by atoms with E-state index in [1.54, 1.807) is 0 Å². The molecule has 0 rings (SSSR count). The van der Waals surface area contributed by atoms with E-state index < -0.39 is 6.10 Å². The molecule has 0 aliphatic rings. The number of hydrogen-bond donors (Lipinski definition) is 0. The van der Waals surface area contributed by atoms with Crippen molar-refractivity contribution in [1.82, 2.24) is 0 Å². The van der Waals surface area contributed by atoms with E-state index in [1.165, 1.54) is 212 Å². The normalized spacial score (nSPS) is 12.1. The summed E-state index contributed by atoms with van der Waals surface area (Å²) in [6.07, 6.45) is 53.9. The molecule has 6 nitrogen and oxygen atoms in total. The second-order valence-corrected chi connectivity index (χ2v) is 22.1. The fourth-order valence-electron chi connectivity index (χ4n) is 9.18. The van der Waals surface area contributed by atoms with E-state index in [4.69, 9.17) is 14.2 Å². The minimum Gasteiger partial charge on any atom is -0.462 e. The molecule has 0 unspecified atom stereocenters. The first-order valence-electron chi connectivity index (χ1n) is 29.6. The fraction of sp³-hybridized carbons (Fsp3) is 0.950. The van der Waals surface area contributed by atoms with Crippen LogP contribution in [-0.4, -0.2) is 37.2 Å². The van der Waals surface area contributed by atoms with Gasteiger partial charge in [0.1, 0.15) is 13.2 Å². The maximum absolute atomic E-state index is 12.8. The molecule has 0 spiro atoms. The van der Waals surface area contributed by atoms with Gasteiger partial charge in [-0.1, -0.05) is 292 Å². The number of unbranched alkanes of at least 4 members (excludes halogenated alkanes) is 36. The van der Waals surface area contributed by atoms with Crippen LogP contribution in [0, 0.1) is 17.8 Å². The molecule has 0 bridgehead atoms. The number of hydrogen-bond acceptors (Lipinski definition) is 6. The molecule has 0 heterocycles. The molecular weight excluding hydrogens is 817 g/mol. The Bertz CT molecular complexity index is 1020. The van der Waals surface area contributed by atoms with Gasteiger partial charge in [-0.15, -0.1) is 0 Å². The van der Waals surface area contributed by atoms with Gasteiger partial charge in [-0.3, -0.25) is 14.4 Å². The van der Waals surface area contributed by atoms with Gasteiger partial charge in [-0.2, -0.15) is 0 Å². The van der Waals surface area contributed by atoms with Gasteiger partial charge in [0.25, 0.3) is 0 Å². The third kappa shape index (κ3) is 53.4. The van der Waals surface area contributed by atoms with Crippen molar-refractivity contribution in [3.8, 4) is 0 Å². The quantitative estimate of drug-likeness (QED) is 0.0343. The topological polar surface area (TPSA) is 78.9 Å². The van der Waals surface area contributed by atoms with E-state index in [9.17, 15) is 14.4 Å². The van der Waals surface area contributed by atoms with Crippen LogP contribution in [0.1, 0.15) is 330 Å². The SMILES string of the molecule is CC(C)CCCCCCCCCCCCCCCCCCCCC(=O)OC[C@H](COC(=O)CCCCCCCCCCCC(C)C)OC(=O)CCCCCCCCCCCCCCC(C)C. The molecule has 0 aromatic heterocycles. The zero-order valence-electron chi connectivity index (χ0n) is 45.5. The summed E-state index contributed by atoms with van der Waals surface area (Å²) in [4.78, 5) is 38.1. The van der Waals surface area contributed by atoms with Crippen molar-refractivity contribution in [3.63, 3.8) is 0 Å². The second-order valence-electron chi connectivity index (χ2n) is 22.1. The van der Waals surface area contributed by atoms with E-state index in [1.807, 2.05) is 0 Å². The van der Waals surface area contributed by atoms with Gasteiger partial charge in [0.05, 0.1) is 0 Å². The van der Waals surface area contributed by atoms with Crippen molar-refractivity contribution in [2.24, 2.45) is 17.8 Å². The van der Waals surface area contributed by atoms with Crippen LogP contribution in [0.15, 0.2) is 0 Å². The van der Waals surface area contributed by atoms with Crippen LogP contribution in [0.2, 0.25) is 0 Å². The van der Waals surface area contributed by atoms with Crippen molar-refractivity contribution >= 4 is 17.9 Å². The van der Waals surface area contributed by atoms with Crippen LogP contribution in [0.3, 0.4) is 0 Å². The number of esters is 3. The van der Waals surface area contributed by atoms with Crippen molar-refractivity contribution in [2.75, 3.05) is 13.2 Å². The van der Waals surface area contributed by atoms with Crippen LogP contribution in [0.4, 0.5) is 0 Å². The number of carbonyl (C=O) groups excluding carboxylic acids is 3. The number of rotatable bonds is 53. The molecule has 0 amide bonds. The highest BCUT2D eigenvalue weighted by atomic mass is 16.6. The Morgan fingerprint density at radius 1 is 0.258 bits per heavy atom. The minimum atomic E-state index is -0.764. The summed E-state index contributed by atoms with van der Waals surface area (Å²) in [6.45, 7) is 13.8. The molecule has 66 heavy (non-hydrogen) atoms. The monoisotopic (exact) mass is 933 g/mol. The predicted molar refractivity (Wildman–Crippen MR) is 284 cm³/mol. The fourth-order valence-corrected chi connectivity index (χ4v) is 9.18. The zero-order valence-corrected chi connectivity index (χ0v) is 45.5. The highest BCUT2D eigenvalue weighted by Crippen LogP contribution is 2.19. The summed E-state index contributed by atoms with van der Waals surface area (Å²) in [5.74, 6) is 1.66. The molecule has 0 N–H and O–H groups in total. The maximum Gasteiger partial charge on any atom is 0.306 e. The Labute approximate surface area is 412 Å². The first kappa shape index (κ1) is 64.4. The number of carbonyl (C=O) groups is 3. The molecule has 392 valence electrons. The van der Waals surface area contributed by atoms with Gasteiger partial charge in [-0.05, 0) is 37.0 Å². The predicted octanol–water partition coefficient (Wildman–Crippen LogP) is 19.5. The second kappa shape index (κ2) is 51.3. The molecule has 0 saturated heterocycles. The van der Waals surface area contributed by atoms with Crippen molar-refractivity contribution in [2.45, 2.75) is 337 Å². The summed E-state index contributed by atoms with van der Waals surface area (Å²) in [5, 5.41) is 0. The Morgan fingerprint density at radius 2 is 0.439 bits per heavy atom.